The highest BCUT2D eigenvalue weighted by molar-refractivity contribution is 9.10. The second kappa shape index (κ2) is 9.82. The van der Waals surface area contributed by atoms with Crippen LogP contribution >= 0.6 is 15.9 Å². The van der Waals surface area contributed by atoms with Crippen molar-refractivity contribution in [2.75, 3.05) is 37.4 Å². The summed E-state index contributed by atoms with van der Waals surface area (Å²) in [5.74, 6) is 0.741. The molecule has 2 heterocycles. The van der Waals surface area contributed by atoms with Crippen LogP contribution in [0.1, 0.15) is 32.6 Å². The van der Waals surface area contributed by atoms with Crippen LogP contribution in [0.3, 0.4) is 0 Å². The summed E-state index contributed by atoms with van der Waals surface area (Å²) in [6.07, 6.45) is 6.00. The van der Waals surface area contributed by atoms with E-state index in [4.69, 9.17) is 0 Å². The number of aromatic nitrogens is 2. The van der Waals surface area contributed by atoms with E-state index in [-0.39, 0.29) is 5.91 Å². The number of carbonyl (C=O) groups is 1. The van der Waals surface area contributed by atoms with Crippen LogP contribution < -0.4 is 10.2 Å². The molecule has 0 atom stereocenters. The average Bonchev–Trinajstić information content (AvgIpc) is 2.74. The lowest BCUT2D eigenvalue weighted by Gasteiger charge is -2.28. The molecular weight excluding hydrogens is 432 g/mol. The number of hydrogen-bond donors (Lipinski definition) is 1. The first-order valence-electron chi connectivity index (χ1n) is 9.91. The van der Waals surface area contributed by atoms with Crippen molar-refractivity contribution in [2.45, 2.75) is 32.6 Å². The number of anilines is 3. The minimum atomic E-state index is -0.124. The molecule has 3 rings (SSSR count). The van der Waals surface area contributed by atoms with E-state index < -0.39 is 0 Å². The lowest BCUT2D eigenvalue weighted by atomic mass is 10.1. The van der Waals surface area contributed by atoms with Crippen LogP contribution in [0.2, 0.25) is 0 Å². The molecule has 1 aromatic carbocycles. The maximum atomic E-state index is 12.2. The molecule has 0 radical (unpaired) electrons. The molecule has 1 amide bonds. The number of hydrogen-bond acceptors (Lipinski definition) is 6. The van der Waals surface area contributed by atoms with Gasteiger partial charge in [-0.05, 0) is 65.9 Å². The van der Waals surface area contributed by atoms with Crippen molar-refractivity contribution < 1.29 is 4.79 Å². The normalized spacial score (nSPS) is 14.6. The SMILES string of the molecule is CCC(=Nc1nc(Nc2ccc(N3CCCCC3)cc2)ncc1Br)C(=O)N(C)C. The topological polar surface area (TPSA) is 73.7 Å². The average molecular weight is 459 g/mol. The number of amides is 1. The van der Waals surface area contributed by atoms with Gasteiger partial charge in [0.05, 0.1) is 4.47 Å². The zero-order valence-corrected chi connectivity index (χ0v) is 18.7. The fraction of sp³-hybridized carbons (Fsp3) is 0.429. The van der Waals surface area contributed by atoms with Gasteiger partial charge >= 0.3 is 0 Å². The first-order valence-corrected chi connectivity index (χ1v) is 10.7. The predicted molar refractivity (Wildman–Crippen MR) is 122 cm³/mol. The molecule has 1 aliphatic heterocycles. The highest BCUT2D eigenvalue weighted by Crippen LogP contribution is 2.26. The van der Waals surface area contributed by atoms with Gasteiger partial charge in [-0.15, -0.1) is 0 Å². The first kappa shape index (κ1) is 21.2. The fourth-order valence-electron chi connectivity index (χ4n) is 3.20. The number of benzene rings is 1. The van der Waals surface area contributed by atoms with Crippen molar-refractivity contribution in [3.63, 3.8) is 0 Å². The number of rotatable bonds is 6. The second-order valence-corrected chi connectivity index (χ2v) is 8.05. The van der Waals surface area contributed by atoms with Crippen molar-refractivity contribution in [3.8, 4) is 0 Å². The van der Waals surface area contributed by atoms with Gasteiger partial charge in [0.15, 0.2) is 5.82 Å². The Morgan fingerprint density at radius 1 is 1.21 bits per heavy atom. The molecule has 7 nitrogen and oxygen atoms in total. The molecule has 1 saturated heterocycles. The highest BCUT2D eigenvalue weighted by atomic mass is 79.9. The summed E-state index contributed by atoms with van der Waals surface area (Å²) in [4.78, 5) is 29.4. The van der Waals surface area contributed by atoms with E-state index in [9.17, 15) is 4.79 Å². The van der Waals surface area contributed by atoms with E-state index in [1.807, 2.05) is 19.1 Å². The van der Waals surface area contributed by atoms with Gasteiger partial charge in [0.1, 0.15) is 5.71 Å². The summed E-state index contributed by atoms with van der Waals surface area (Å²) in [6.45, 7) is 4.14. The van der Waals surface area contributed by atoms with Crippen LogP contribution in [0.25, 0.3) is 0 Å². The largest absolute Gasteiger partial charge is 0.372 e. The zero-order valence-electron chi connectivity index (χ0n) is 17.2. The summed E-state index contributed by atoms with van der Waals surface area (Å²) in [6, 6.07) is 8.31. The van der Waals surface area contributed by atoms with Gasteiger partial charge in [0.25, 0.3) is 5.91 Å². The summed E-state index contributed by atoms with van der Waals surface area (Å²) < 4.78 is 0.640. The molecule has 0 aliphatic carbocycles. The number of aliphatic imine (C=N–C) groups is 1. The molecule has 1 aliphatic rings. The molecule has 1 N–H and O–H groups in total. The van der Waals surface area contributed by atoms with E-state index >= 15 is 0 Å². The van der Waals surface area contributed by atoms with Crippen LogP contribution in [0.5, 0.6) is 0 Å². The monoisotopic (exact) mass is 458 g/mol. The lowest BCUT2D eigenvalue weighted by molar-refractivity contribution is -0.121. The van der Waals surface area contributed by atoms with Gasteiger partial charge in [0.2, 0.25) is 5.95 Å². The van der Waals surface area contributed by atoms with Crippen LogP contribution in [0.4, 0.5) is 23.1 Å². The number of nitrogens with one attached hydrogen (secondary N) is 1. The third kappa shape index (κ3) is 5.53. The van der Waals surface area contributed by atoms with Gasteiger partial charge in [0, 0.05) is 44.8 Å². The number of piperidine rings is 1. The Labute approximate surface area is 180 Å². The summed E-state index contributed by atoms with van der Waals surface area (Å²) in [7, 11) is 3.42. The van der Waals surface area contributed by atoms with E-state index in [0.717, 1.165) is 18.8 Å². The Bertz CT molecular complexity index is 875. The molecule has 0 spiro atoms. The van der Waals surface area contributed by atoms with Gasteiger partial charge in [-0.1, -0.05) is 6.92 Å². The molecule has 1 aromatic heterocycles. The van der Waals surface area contributed by atoms with Gasteiger partial charge < -0.3 is 15.1 Å². The summed E-state index contributed by atoms with van der Waals surface area (Å²) in [5, 5.41) is 3.22. The Morgan fingerprint density at radius 2 is 1.90 bits per heavy atom. The molecule has 8 heteroatoms. The molecule has 1 fully saturated rings. The molecule has 0 unspecified atom stereocenters. The maximum Gasteiger partial charge on any atom is 0.267 e. The van der Waals surface area contributed by atoms with Gasteiger partial charge in [-0.3, -0.25) is 4.79 Å². The van der Waals surface area contributed by atoms with Crippen molar-refractivity contribution in [2.24, 2.45) is 4.99 Å². The molecule has 0 saturated carbocycles. The quantitative estimate of drug-likeness (QED) is 0.642. The highest BCUT2D eigenvalue weighted by Gasteiger charge is 2.14. The molecule has 154 valence electrons. The minimum absolute atomic E-state index is 0.124. The first-order chi connectivity index (χ1) is 14.0. The number of nitrogens with zero attached hydrogens (tertiary/aromatic N) is 5. The van der Waals surface area contributed by atoms with Crippen molar-refractivity contribution in [3.05, 3.63) is 34.9 Å². The Morgan fingerprint density at radius 3 is 2.52 bits per heavy atom. The van der Waals surface area contributed by atoms with Gasteiger partial charge in [-0.2, -0.15) is 4.98 Å². The Hall–Kier alpha value is -2.48. The maximum absolute atomic E-state index is 12.2. The van der Waals surface area contributed by atoms with E-state index in [1.165, 1.54) is 29.8 Å². The van der Waals surface area contributed by atoms with E-state index in [0.29, 0.717) is 28.4 Å². The summed E-state index contributed by atoms with van der Waals surface area (Å²) >= 11 is 3.42. The van der Waals surface area contributed by atoms with E-state index in [1.54, 1.807) is 20.3 Å². The minimum Gasteiger partial charge on any atom is -0.372 e. The second-order valence-electron chi connectivity index (χ2n) is 7.20. The molecule has 29 heavy (non-hydrogen) atoms. The number of halogens is 1. The predicted octanol–water partition coefficient (Wildman–Crippen LogP) is 4.54. The zero-order chi connectivity index (χ0) is 20.8. The van der Waals surface area contributed by atoms with Crippen LogP contribution in [0.15, 0.2) is 39.9 Å². The Kier molecular flexibility index (Phi) is 7.19. The fourth-order valence-corrected chi connectivity index (χ4v) is 3.48. The smallest absolute Gasteiger partial charge is 0.267 e. The van der Waals surface area contributed by atoms with Crippen LogP contribution in [0, 0.1) is 0 Å². The standard InChI is InChI=1S/C21H27BrN6O/c1-4-18(20(29)27(2)3)25-19-17(22)14-23-21(26-19)24-15-8-10-16(11-9-15)28-12-6-5-7-13-28/h8-11,14H,4-7,12-13H2,1-3H3,(H,23,24,26). The third-order valence-electron chi connectivity index (χ3n) is 4.80. The lowest BCUT2D eigenvalue weighted by Crippen LogP contribution is -2.29. The molecule has 2 aromatic rings. The van der Waals surface area contributed by atoms with E-state index in [2.05, 4.69) is 53.2 Å². The number of carbonyl (C=O) groups excluding carboxylic acids is 1. The van der Waals surface area contributed by atoms with Crippen molar-refractivity contribution in [1.29, 1.82) is 0 Å². The third-order valence-corrected chi connectivity index (χ3v) is 5.36. The van der Waals surface area contributed by atoms with Crippen LogP contribution in [-0.2, 0) is 4.79 Å². The van der Waals surface area contributed by atoms with Crippen molar-refractivity contribution >= 4 is 50.7 Å². The summed E-state index contributed by atoms with van der Waals surface area (Å²) in [5.41, 5.74) is 2.60. The van der Waals surface area contributed by atoms with Crippen molar-refractivity contribution in [1.82, 2.24) is 14.9 Å². The Balaban J connectivity index is 1.76. The molecule has 0 bridgehead atoms. The van der Waals surface area contributed by atoms with Crippen LogP contribution in [-0.4, -0.2) is 53.7 Å². The van der Waals surface area contributed by atoms with Gasteiger partial charge in [-0.25, -0.2) is 9.98 Å². The molecular formula is C21H27BrN6O.